The van der Waals surface area contributed by atoms with Gasteiger partial charge in [-0.15, -0.1) is 0 Å². The molecule has 0 saturated heterocycles. The van der Waals surface area contributed by atoms with Crippen LogP contribution >= 0.6 is 27.5 Å². The van der Waals surface area contributed by atoms with E-state index in [0.29, 0.717) is 22.2 Å². The fourth-order valence-electron chi connectivity index (χ4n) is 1.31. The van der Waals surface area contributed by atoms with E-state index in [1.807, 2.05) is 6.07 Å². The van der Waals surface area contributed by atoms with Crippen molar-refractivity contribution in [1.82, 2.24) is 4.98 Å². The molecule has 0 amide bonds. The molecule has 0 aliphatic heterocycles. The summed E-state index contributed by atoms with van der Waals surface area (Å²) in [6.07, 6.45) is 1.53. The number of hydrogen-bond acceptors (Lipinski definition) is 3. The Kier molecular flexibility index (Phi) is 3.84. The molecule has 1 aromatic heterocycles. The third-order valence-electron chi connectivity index (χ3n) is 2.13. The summed E-state index contributed by atoms with van der Waals surface area (Å²) in [5.41, 5.74) is 5.72. The molecule has 1 heterocycles. The molecule has 3 N–H and O–H groups in total. The molecule has 0 bridgehead atoms. The number of benzene rings is 1. The second-order valence-electron chi connectivity index (χ2n) is 3.47. The summed E-state index contributed by atoms with van der Waals surface area (Å²) < 4.78 is 6.48. The molecule has 18 heavy (non-hydrogen) atoms. The van der Waals surface area contributed by atoms with Gasteiger partial charge in [-0.25, -0.2) is 0 Å². The Bertz CT molecular complexity index is 604. The van der Waals surface area contributed by atoms with Crippen LogP contribution in [-0.2, 0) is 0 Å². The van der Waals surface area contributed by atoms with Crippen LogP contribution in [0.3, 0.4) is 0 Å². The summed E-state index contributed by atoms with van der Waals surface area (Å²) in [6.45, 7) is 0. The molecule has 1 aromatic carbocycles. The van der Waals surface area contributed by atoms with Gasteiger partial charge in [0.2, 0.25) is 0 Å². The Morgan fingerprint density at radius 1 is 1.33 bits per heavy atom. The number of hydrogen-bond donors (Lipinski definition) is 2. The van der Waals surface area contributed by atoms with E-state index in [2.05, 4.69) is 20.9 Å². The van der Waals surface area contributed by atoms with Gasteiger partial charge in [-0.2, -0.15) is 0 Å². The predicted molar refractivity (Wildman–Crippen MR) is 74.5 cm³/mol. The number of ether oxygens (including phenoxy) is 1. The Morgan fingerprint density at radius 3 is 2.78 bits per heavy atom. The van der Waals surface area contributed by atoms with Gasteiger partial charge in [0.25, 0.3) is 0 Å². The van der Waals surface area contributed by atoms with E-state index >= 15 is 0 Å². The van der Waals surface area contributed by atoms with Gasteiger partial charge < -0.3 is 10.5 Å². The summed E-state index contributed by atoms with van der Waals surface area (Å²) in [5.74, 6) is 0.947. The molecule has 0 aliphatic carbocycles. The second kappa shape index (κ2) is 5.37. The normalized spacial score (nSPS) is 10.1. The van der Waals surface area contributed by atoms with Crippen LogP contribution in [0.2, 0.25) is 5.02 Å². The van der Waals surface area contributed by atoms with Gasteiger partial charge in [-0.3, -0.25) is 10.4 Å². The van der Waals surface area contributed by atoms with Crippen molar-refractivity contribution in [2.24, 2.45) is 5.73 Å². The van der Waals surface area contributed by atoms with Gasteiger partial charge in [0.15, 0.2) is 0 Å². The molecule has 0 saturated carbocycles. The van der Waals surface area contributed by atoms with Crippen molar-refractivity contribution >= 4 is 33.4 Å². The lowest BCUT2D eigenvalue weighted by atomic mass is 10.3. The third kappa shape index (κ3) is 3.00. The lowest BCUT2D eigenvalue weighted by Crippen LogP contribution is -2.12. The highest BCUT2D eigenvalue weighted by Gasteiger charge is 2.06. The number of nitrogens with one attached hydrogen (secondary N) is 1. The average molecular weight is 327 g/mol. The van der Waals surface area contributed by atoms with Gasteiger partial charge in [0.05, 0.1) is 5.02 Å². The zero-order valence-corrected chi connectivity index (χ0v) is 11.5. The summed E-state index contributed by atoms with van der Waals surface area (Å²) in [6, 6.07) is 8.57. The first-order chi connectivity index (χ1) is 8.56. The van der Waals surface area contributed by atoms with Gasteiger partial charge in [-0.05, 0) is 24.3 Å². The highest BCUT2D eigenvalue weighted by molar-refractivity contribution is 9.10. The number of pyridine rings is 1. The molecular formula is C12H9BrClN3O. The van der Waals surface area contributed by atoms with Crippen molar-refractivity contribution in [3.63, 3.8) is 0 Å². The highest BCUT2D eigenvalue weighted by Crippen LogP contribution is 2.31. The second-order valence-corrected chi connectivity index (χ2v) is 4.79. The van der Waals surface area contributed by atoms with Crippen LogP contribution in [0.1, 0.15) is 5.69 Å². The van der Waals surface area contributed by atoms with E-state index in [0.717, 1.165) is 4.47 Å². The minimum atomic E-state index is -0.109. The van der Waals surface area contributed by atoms with E-state index in [1.165, 1.54) is 6.20 Å². The molecule has 2 aromatic rings. The molecule has 0 spiro atoms. The fraction of sp³-hybridized carbons (Fsp3) is 0. The predicted octanol–water partition coefficient (Wildman–Crippen LogP) is 3.57. The summed E-state index contributed by atoms with van der Waals surface area (Å²) in [7, 11) is 0. The van der Waals surface area contributed by atoms with Gasteiger partial charge in [0, 0.05) is 16.7 Å². The van der Waals surface area contributed by atoms with Crippen LogP contribution in [0.5, 0.6) is 11.5 Å². The molecule has 0 aliphatic rings. The number of halogens is 2. The van der Waals surface area contributed by atoms with Crippen molar-refractivity contribution in [3.8, 4) is 11.5 Å². The third-order valence-corrected chi connectivity index (χ3v) is 2.92. The molecule has 0 atom stereocenters. The minimum Gasteiger partial charge on any atom is -0.456 e. The van der Waals surface area contributed by atoms with E-state index in [1.54, 1.807) is 24.3 Å². The SMILES string of the molecule is N=C(N)c1cc(Oc2ccc(Br)cc2Cl)ccn1. The molecule has 2 rings (SSSR count). The monoisotopic (exact) mass is 325 g/mol. The Hall–Kier alpha value is -1.59. The smallest absolute Gasteiger partial charge is 0.146 e. The van der Waals surface area contributed by atoms with Crippen LogP contribution < -0.4 is 10.5 Å². The van der Waals surface area contributed by atoms with E-state index in [9.17, 15) is 0 Å². The zero-order chi connectivity index (χ0) is 13.1. The van der Waals surface area contributed by atoms with Crippen LogP contribution in [0.25, 0.3) is 0 Å². The molecular weight excluding hydrogens is 318 g/mol. The van der Waals surface area contributed by atoms with Crippen molar-refractivity contribution in [3.05, 3.63) is 51.7 Å². The van der Waals surface area contributed by atoms with E-state index in [-0.39, 0.29) is 5.84 Å². The largest absolute Gasteiger partial charge is 0.456 e. The molecule has 92 valence electrons. The first-order valence-electron chi connectivity index (χ1n) is 4.99. The van der Waals surface area contributed by atoms with Crippen molar-refractivity contribution in [2.45, 2.75) is 0 Å². The number of nitrogen functional groups attached to an aromatic ring is 1. The zero-order valence-electron chi connectivity index (χ0n) is 9.15. The van der Waals surface area contributed by atoms with Gasteiger partial charge in [-0.1, -0.05) is 27.5 Å². The van der Waals surface area contributed by atoms with Crippen molar-refractivity contribution in [2.75, 3.05) is 0 Å². The minimum absolute atomic E-state index is 0.109. The van der Waals surface area contributed by atoms with Crippen LogP contribution in [-0.4, -0.2) is 10.8 Å². The van der Waals surface area contributed by atoms with E-state index in [4.69, 9.17) is 27.5 Å². The van der Waals surface area contributed by atoms with Crippen LogP contribution in [0.4, 0.5) is 0 Å². The fourth-order valence-corrected chi connectivity index (χ4v) is 2.02. The Balaban J connectivity index is 2.28. The number of nitrogens with two attached hydrogens (primary N) is 1. The molecule has 0 fully saturated rings. The lowest BCUT2D eigenvalue weighted by molar-refractivity contribution is 0.482. The topological polar surface area (TPSA) is 72.0 Å². The molecule has 6 heteroatoms. The highest BCUT2D eigenvalue weighted by atomic mass is 79.9. The Morgan fingerprint density at radius 2 is 2.11 bits per heavy atom. The first-order valence-corrected chi connectivity index (χ1v) is 6.17. The van der Waals surface area contributed by atoms with Crippen LogP contribution in [0.15, 0.2) is 41.0 Å². The summed E-state index contributed by atoms with van der Waals surface area (Å²) in [5, 5.41) is 7.80. The lowest BCUT2D eigenvalue weighted by Gasteiger charge is -2.08. The summed E-state index contributed by atoms with van der Waals surface area (Å²) in [4.78, 5) is 3.95. The maximum absolute atomic E-state index is 7.31. The number of amidine groups is 1. The van der Waals surface area contributed by atoms with Crippen LogP contribution in [0, 0.1) is 5.41 Å². The molecule has 0 radical (unpaired) electrons. The Labute approximate surface area is 117 Å². The maximum Gasteiger partial charge on any atom is 0.146 e. The molecule has 0 unspecified atom stereocenters. The van der Waals surface area contributed by atoms with Crippen molar-refractivity contribution in [1.29, 1.82) is 5.41 Å². The van der Waals surface area contributed by atoms with Crippen molar-refractivity contribution < 1.29 is 4.74 Å². The number of aromatic nitrogens is 1. The molecule has 4 nitrogen and oxygen atoms in total. The average Bonchev–Trinajstić information content (AvgIpc) is 2.33. The standard InChI is InChI=1S/C12H9BrClN3O/c13-7-1-2-11(9(14)5-7)18-8-3-4-17-10(6-8)12(15)16/h1-6H,(H3,15,16). The summed E-state index contributed by atoms with van der Waals surface area (Å²) >= 11 is 9.36. The van der Waals surface area contributed by atoms with E-state index < -0.39 is 0 Å². The van der Waals surface area contributed by atoms with Gasteiger partial charge in [0.1, 0.15) is 23.0 Å². The number of nitrogens with zero attached hydrogens (tertiary/aromatic N) is 1. The quantitative estimate of drug-likeness (QED) is 0.669. The number of rotatable bonds is 3. The van der Waals surface area contributed by atoms with Gasteiger partial charge >= 0.3 is 0 Å². The first kappa shape index (κ1) is 12.9. The maximum atomic E-state index is 7.31.